The van der Waals surface area contributed by atoms with Crippen molar-refractivity contribution < 1.29 is 0 Å². The van der Waals surface area contributed by atoms with Gasteiger partial charge in [0.05, 0.1) is 22.4 Å². The largest absolute Gasteiger partial charge is 0.278 e. The van der Waals surface area contributed by atoms with Gasteiger partial charge in [-0.1, -0.05) is 143 Å². The second-order valence-electron chi connectivity index (χ2n) is 15.4. The van der Waals surface area contributed by atoms with Gasteiger partial charge < -0.3 is 0 Å². The van der Waals surface area contributed by atoms with Gasteiger partial charge in [-0.3, -0.25) is 4.57 Å². The number of nitrogens with zero attached hydrogens (tertiary/aromatic N) is 3. The molecule has 9 aromatic rings. The van der Waals surface area contributed by atoms with E-state index in [2.05, 4.69) is 172 Å². The molecule has 0 bridgehead atoms. The van der Waals surface area contributed by atoms with E-state index in [1.807, 2.05) is 0 Å². The zero-order valence-electron chi connectivity index (χ0n) is 29.1. The summed E-state index contributed by atoms with van der Waals surface area (Å²) >= 11 is 0. The highest BCUT2D eigenvalue weighted by molar-refractivity contribution is 6.23. The summed E-state index contributed by atoms with van der Waals surface area (Å²) in [5.41, 5.74) is 14.0. The highest BCUT2D eigenvalue weighted by atomic mass is 15.2. The molecule has 3 heteroatoms. The Balaban J connectivity index is 1.26. The van der Waals surface area contributed by atoms with Crippen LogP contribution >= 0.6 is 0 Å². The molecule has 0 fully saturated rings. The molecule has 2 aromatic heterocycles. The molecule has 242 valence electrons. The third kappa shape index (κ3) is 3.73. The molecular weight excluding hydrogens is 619 g/mol. The highest BCUT2D eigenvalue weighted by Gasteiger charge is 2.41. The fraction of sp³-hybridized carbons (Fsp3) is 0.125. The normalized spacial score (nSPS) is 15.0. The summed E-state index contributed by atoms with van der Waals surface area (Å²) in [6.07, 6.45) is 0. The predicted octanol–water partition coefficient (Wildman–Crippen LogP) is 12.2. The van der Waals surface area contributed by atoms with Crippen LogP contribution in [0.25, 0.3) is 82.9 Å². The molecule has 0 spiro atoms. The van der Waals surface area contributed by atoms with Gasteiger partial charge in [-0.25, -0.2) is 9.97 Å². The van der Waals surface area contributed by atoms with Crippen molar-refractivity contribution in [1.29, 1.82) is 0 Å². The maximum Gasteiger partial charge on any atom is 0.235 e. The molecule has 0 unspecified atom stereocenters. The number of rotatable bonds is 2. The van der Waals surface area contributed by atoms with E-state index >= 15 is 0 Å². The van der Waals surface area contributed by atoms with E-state index in [4.69, 9.17) is 9.97 Å². The van der Waals surface area contributed by atoms with Crippen LogP contribution in [0.3, 0.4) is 0 Å². The minimum absolute atomic E-state index is 0.117. The van der Waals surface area contributed by atoms with Gasteiger partial charge in [-0.15, -0.1) is 0 Å². The topological polar surface area (TPSA) is 30.7 Å². The first-order valence-corrected chi connectivity index (χ1v) is 17.9. The van der Waals surface area contributed by atoms with Gasteiger partial charge in [-0.2, -0.15) is 0 Å². The van der Waals surface area contributed by atoms with E-state index in [9.17, 15) is 0 Å². The van der Waals surface area contributed by atoms with E-state index in [0.29, 0.717) is 5.95 Å². The van der Waals surface area contributed by atoms with Crippen molar-refractivity contribution in [1.82, 2.24) is 14.5 Å². The van der Waals surface area contributed by atoms with Gasteiger partial charge in [-0.05, 0) is 73.6 Å². The van der Waals surface area contributed by atoms with Gasteiger partial charge in [0.2, 0.25) is 5.95 Å². The Bertz CT molecular complexity index is 2980. The lowest BCUT2D eigenvalue weighted by atomic mass is 9.79. The Hall–Kier alpha value is -6.06. The summed E-state index contributed by atoms with van der Waals surface area (Å²) in [7, 11) is 0. The third-order valence-corrected chi connectivity index (χ3v) is 12.0. The molecule has 0 N–H and O–H groups in total. The van der Waals surface area contributed by atoms with Crippen LogP contribution in [0.2, 0.25) is 0 Å². The smallest absolute Gasteiger partial charge is 0.235 e. The molecule has 2 heterocycles. The van der Waals surface area contributed by atoms with Crippen LogP contribution in [0.4, 0.5) is 0 Å². The Morgan fingerprint density at radius 1 is 0.451 bits per heavy atom. The first-order chi connectivity index (χ1) is 24.8. The summed E-state index contributed by atoms with van der Waals surface area (Å²) in [5, 5.41) is 7.34. The van der Waals surface area contributed by atoms with Crippen LogP contribution in [0.15, 0.2) is 140 Å². The van der Waals surface area contributed by atoms with E-state index in [0.717, 1.165) is 28.0 Å². The van der Waals surface area contributed by atoms with Crippen molar-refractivity contribution in [3.63, 3.8) is 0 Å². The molecule has 0 amide bonds. The van der Waals surface area contributed by atoms with Crippen molar-refractivity contribution in [2.45, 2.75) is 38.5 Å². The molecule has 51 heavy (non-hydrogen) atoms. The minimum Gasteiger partial charge on any atom is -0.278 e. The molecule has 0 saturated heterocycles. The van der Waals surface area contributed by atoms with Gasteiger partial charge >= 0.3 is 0 Å². The summed E-state index contributed by atoms with van der Waals surface area (Å²) in [4.78, 5) is 11.2. The maximum atomic E-state index is 5.67. The van der Waals surface area contributed by atoms with E-state index in [1.54, 1.807) is 0 Å². The molecule has 0 aliphatic heterocycles. The average molecular weight is 654 g/mol. The van der Waals surface area contributed by atoms with Gasteiger partial charge in [0, 0.05) is 38.3 Å². The Labute approximate surface area is 296 Å². The van der Waals surface area contributed by atoms with E-state index in [-0.39, 0.29) is 10.8 Å². The summed E-state index contributed by atoms with van der Waals surface area (Å²) in [6.45, 7) is 9.36. The lowest BCUT2D eigenvalue weighted by Gasteiger charge is -2.25. The lowest BCUT2D eigenvalue weighted by Crippen LogP contribution is -2.18. The van der Waals surface area contributed by atoms with Crippen molar-refractivity contribution in [3.8, 4) is 39.6 Å². The van der Waals surface area contributed by atoms with Crippen LogP contribution in [0, 0.1) is 0 Å². The maximum absolute atomic E-state index is 5.67. The fourth-order valence-corrected chi connectivity index (χ4v) is 9.45. The molecule has 0 atom stereocenters. The molecule has 7 aromatic carbocycles. The molecule has 3 nitrogen and oxygen atoms in total. The standard InChI is InChI=1S/C48H35N3/c1-47(2)37-19-11-9-17-33(37)34-23-21-31(26-39(34)47)44-43-45(35-18-10-12-20-38(35)48(43,3)4)50-46(49-44)51-40-24-22-28-13-7-8-16-32(28)42(40)36-25-29-14-5-6-15-30(29)27-41(36)51/h5-27H,1-4H3. The third-order valence-electron chi connectivity index (χ3n) is 12.0. The Kier molecular flexibility index (Phi) is 5.52. The van der Waals surface area contributed by atoms with Crippen molar-refractivity contribution in [3.05, 3.63) is 162 Å². The fourth-order valence-electron chi connectivity index (χ4n) is 9.45. The average Bonchev–Trinajstić information content (AvgIpc) is 3.70. The van der Waals surface area contributed by atoms with Gasteiger partial charge in [0.15, 0.2) is 0 Å². The zero-order chi connectivity index (χ0) is 34.2. The van der Waals surface area contributed by atoms with E-state index in [1.165, 1.54) is 71.3 Å². The molecular formula is C48H35N3. The number of hydrogen-bond donors (Lipinski definition) is 0. The minimum atomic E-state index is -0.273. The van der Waals surface area contributed by atoms with Crippen molar-refractivity contribution in [2.75, 3.05) is 0 Å². The Morgan fingerprint density at radius 2 is 1.08 bits per heavy atom. The molecule has 0 saturated carbocycles. The van der Waals surface area contributed by atoms with Gasteiger partial charge in [0.25, 0.3) is 0 Å². The van der Waals surface area contributed by atoms with Crippen LogP contribution in [0.1, 0.15) is 49.9 Å². The number of fused-ring (bicyclic) bond motifs is 12. The highest BCUT2D eigenvalue weighted by Crippen LogP contribution is 2.54. The quantitative estimate of drug-likeness (QED) is 0.186. The molecule has 0 radical (unpaired) electrons. The second kappa shape index (κ2) is 9.80. The monoisotopic (exact) mass is 653 g/mol. The summed E-state index contributed by atoms with van der Waals surface area (Å²) < 4.78 is 2.31. The summed E-state index contributed by atoms with van der Waals surface area (Å²) in [5.74, 6) is 0.699. The van der Waals surface area contributed by atoms with Crippen LogP contribution < -0.4 is 0 Å². The molecule has 11 rings (SSSR count). The number of hydrogen-bond acceptors (Lipinski definition) is 2. The molecule has 2 aliphatic rings. The first kappa shape index (κ1) is 28.7. The van der Waals surface area contributed by atoms with Crippen LogP contribution in [-0.4, -0.2) is 14.5 Å². The molecule has 2 aliphatic carbocycles. The van der Waals surface area contributed by atoms with Gasteiger partial charge in [0.1, 0.15) is 0 Å². The van der Waals surface area contributed by atoms with E-state index < -0.39 is 0 Å². The lowest BCUT2D eigenvalue weighted by molar-refractivity contribution is 0.655. The first-order valence-electron chi connectivity index (χ1n) is 17.9. The number of benzene rings is 7. The summed E-state index contributed by atoms with van der Waals surface area (Å²) in [6, 6.07) is 51.2. The Morgan fingerprint density at radius 3 is 1.88 bits per heavy atom. The van der Waals surface area contributed by atoms with Crippen LogP contribution in [0.5, 0.6) is 0 Å². The predicted molar refractivity (Wildman–Crippen MR) is 212 cm³/mol. The second-order valence-corrected chi connectivity index (χ2v) is 15.4. The SMILES string of the molecule is CC1(C)c2ccccc2-c2ccc(-c3nc(-n4c5cc6ccccc6cc5c5c6ccccc6ccc54)nc4c3C(C)(C)c3ccccc3-4)cc21. The zero-order valence-corrected chi connectivity index (χ0v) is 29.1. The number of aromatic nitrogens is 3. The van der Waals surface area contributed by atoms with Crippen LogP contribution in [-0.2, 0) is 10.8 Å². The van der Waals surface area contributed by atoms with Crippen molar-refractivity contribution >= 4 is 43.4 Å². The van der Waals surface area contributed by atoms with Crippen molar-refractivity contribution in [2.24, 2.45) is 0 Å².